The summed E-state index contributed by atoms with van der Waals surface area (Å²) in [7, 11) is 1.90. The third-order valence-electron chi connectivity index (χ3n) is 4.25. The highest BCUT2D eigenvalue weighted by atomic mass is 16.6. The van der Waals surface area contributed by atoms with Crippen LogP contribution in [0.1, 0.15) is 48.2 Å². The van der Waals surface area contributed by atoms with Crippen LogP contribution in [0.25, 0.3) is 0 Å². The Bertz CT molecular complexity index is 613. The maximum atomic E-state index is 12.5. The van der Waals surface area contributed by atoms with E-state index in [4.69, 9.17) is 4.74 Å². The Kier molecular flexibility index (Phi) is 3.78. The van der Waals surface area contributed by atoms with Gasteiger partial charge < -0.3 is 4.74 Å². The molecule has 4 nitrogen and oxygen atoms in total. The van der Waals surface area contributed by atoms with Gasteiger partial charge in [0.05, 0.1) is 11.3 Å². The highest BCUT2D eigenvalue weighted by Gasteiger charge is 2.40. The molecule has 0 radical (unpaired) electrons. The summed E-state index contributed by atoms with van der Waals surface area (Å²) in [6.45, 7) is 0. The van der Waals surface area contributed by atoms with Gasteiger partial charge in [0.25, 0.3) is 0 Å². The molecular formula is C17H20N2O2. The highest BCUT2D eigenvalue weighted by Crippen LogP contribution is 2.40. The number of ether oxygens (including phenoxy) is 1. The Morgan fingerprint density at radius 1 is 1.14 bits per heavy atom. The van der Waals surface area contributed by atoms with Gasteiger partial charge in [-0.25, -0.2) is 4.79 Å². The van der Waals surface area contributed by atoms with E-state index in [-0.39, 0.29) is 5.97 Å². The van der Waals surface area contributed by atoms with E-state index in [1.807, 2.05) is 36.0 Å². The fraction of sp³-hybridized carbons (Fsp3) is 0.412. The Balaban J connectivity index is 1.90. The molecule has 21 heavy (non-hydrogen) atoms. The van der Waals surface area contributed by atoms with Gasteiger partial charge in [-0.05, 0) is 43.9 Å². The first-order chi connectivity index (χ1) is 10.2. The summed E-state index contributed by atoms with van der Waals surface area (Å²) in [4.78, 5) is 12.5. The first-order valence-corrected chi connectivity index (χ1v) is 7.48. The van der Waals surface area contributed by atoms with E-state index in [0.29, 0.717) is 5.56 Å². The Hall–Kier alpha value is -2.10. The second-order valence-corrected chi connectivity index (χ2v) is 5.65. The highest BCUT2D eigenvalue weighted by molar-refractivity contribution is 5.89. The lowest BCUT2D eigenvalue weighted by Crippen LogP contribution is -2.36. The van der Waals surface area contributed by atoms with Gasteiger partial charge in [0, 0.05) is 13.2 Å². The summed E-state index contributed by atoms with van der Waals surface area (Å²) in [5.41, 5.74) is 1.06. The quantitative estimate of drug-likeness (QED) is 0.811. The van der Waals surface area contributed by atoms with Crippen LogP contribution in [0.4, 0.5) is 0 Å². The Labute approximate surface area is 124 Å². The van der Waals surface area contributed by atoms with E-state index >= 15 is 0 Å². The molecule has 3 rings (SSSR count). The first kappa shape index (κ1) is 13.9. The molecule has 2 aromatic rings. The van der Waals surface area contributed by atoms with Gasteiger partial charge in [0.1, 0.15) is 0 Å². The van der Waals surface area contributed by atoms with Gasteiger partial charge in [0.2, 0.25) is 0 Å². The summed E-state index contributed by atoms with van der Waals surface area (Å²) in [5.74, 6) is -0.251. The number of aryl methyl sites for hydroxylation is 1. The number of aromatic nitrogens is 2. The molecule has 1 aliphatic rings. The second kappa shape index (κ2) is 5.72. The zero-order valence-electron chi connectivity index (χ0n) is 12.3. The van der Waals surface area contributed by atoms with Crippen molar-refractivity contribution in [3.8, 4) is 0 Å². The lowest BCUT2D eigenvalue weighted by Gasteiger charge is -2.36. The third kappa shape index (κ3) is 2.71. The molecule has 0 N–H and O–H groups in total. The van der Waals surface area contributed by atoms with Gasteiger partial charge in [0.15, 0.2) is 5.60 Å². The van der Waals surface area contributed by atoms with Crippen LogP contribution in [0.15, 0.2) is 42.6 Å². The first-order valence-electron chi connectivity index (χ1n) is 7.48. The predicted octanol–water partition coefficient (Wildman–Crippen LogP) is 3.44. The molecule has 1 heterocycles. The zero-order valence-corrected chi connectivity index (χ0v) is 12.3. The number of carbonyl (C=O) groups excluding carboxylic acids is 1. The van der Waals surface area contributed by atoms with Crippen molar-refractivity contribution in [3.05, 3.63) is 53.9 Å². The number of hydrogen-bond donors (Lipinski definition) is 0. The van der Waals surface area contributed by atoms with E-state index in [2.05, 4.69) is 5.10 Å². The Morgan fingerprint density at radius 2 is 1.86 bits per heavy atom. The van der Waals surface area contributed by atoms with Crippen LogP contribution in [0.2, 0.25) is 0 Å². The number of nitrogens with zero attached hydrogens (tertiary/aromatic N) is 2. The fourth-order valence-electron chi connectivity index (χ4n) is 3.16. The minimum Gasteiger partial charge on any atom is -0.449 e. The van der Waals surface area contributed by atoms with Gasteiger partial charge in [-0.1, -0.05) is 24.6 Å². The van der Waals surface area contributed by atoms with Crippen LogP contribution in [-0.2, 0) is 17.4 Å². The van der Waals surface area contributed by atoms with Crippen LogP contribution < -0.4 is 0 Å². The molecule has 0 aliphatic heterocycles. The van der Waals surface area contributed by atoms with Gasteiger partial charge >= 0.3 is 5.97 Å². The molecule has 1 aliphatic carbocycles. The molecule has 110 valence electrons. The van der Waals surface area contributed by atoms with Gasteiger partial charge in [-0.15, -0.1) is 0 Å². The van der Waals surface area contributed by atoms with E-state index < -0.39 is 5.60 Å². The minimum absolute atomic E-state index is 0.251. The monoisotopic (exact) mass is 284 g/mol. The Morgan fingerprint density at radius 3 is 2.48 bits per heavy atom. The van der Waals surface area contributed by atoms with Crippen LogP contribution in [0.5, 0.6) is 0 Å². The molecule has 0 unspecified atom stereocenters. The molecule has 0 spiro atoms. The molecule has 1 fully saturated rings. The maximum absolute atomic E-state index is 12.5. The summed E-state index contributed by atoms with van der Waals surface area (Å²) in [6.07, 6.45) is 6.85. The normalized spacial score (nSPS) is 17.4. The predicted molar refractivity (Wildman–Crippen MR) is 79.8 cm³/mol. The minimum atomic E-state index is -0.531. The van der Waals surface area contributed by atoms with Crippen molar-refractivity contribution < 1.29 is 9.53 Å². The molecule has 0 saturated heterocycles. The number of esters is 1. The van der Waals surface area contributed by atoms with Crippen LogP contribution >= 0.6 is 0 Å². The summed E-state index contributed by atoms with van der Waals surface area (Å²) in [5, 5.41) is 4.24. The van der Waals surface area contributed by atoms with Crippen molar-refractivity contribution in [1.82, 2.24) is 9.78 Å². The molecule has 1 aromatic heterocycles. The molecule has 0 atom stereocenters. The van der Waals surface area contributed by atoms with Crippen LogP contribution in [0.3, 0.4) is 0 Å². The van der Waals surface area contributed by atoms with Crippen molar-refractivity contribution in [1.29, 1.82) is 0 Å². The molecule has 1 aromatic carbocycles. The van der Waals surface area contributed by atoms with Crippen LogP contribution in [0, 0.1) is 0 Å². The molecule has 1 saturated carbocycles. The maximum Gasteiger partial charge on any atom is 0.339 e. The van der Waals surface area contributed by atoms with E-state index in [9.17, 15) is 4.79 Å². The van der Waals surface area contributed by atoms with Gasteiger partial charge in [-0.3, -0.25) is 4.68 Å². The van der Waals surface area contributed by atoms with Crippen LogP contribution in [-0.4, -0.2) is 15.7 Å². The number of carbonyl (C=O) groups is 1. The zero-order chi connectivity index (χ0) is 14.7. The van der Waals surface area contributed by atoms with Crippen molar-refractivity contribution in [2.45, 2.75) is 37.7 Å². The fourth-order valence-corrected chi connectivity index (χ4v) is 3.16. The molecular weight excluding hydrogens is 264 g/mol. The lowest BCUT2D eigenvalue weighted by atomic mass is 9.82. The topological polar surface area (TPSA) is 44.1 Å². The average Bonchev–Trinajstić information content (AvgIpc) is 2.96. The molecule has 4 heteroatoms. The second-order valence-electron chi connectivity index (χ2n) is 5.65. The number of rotatable bonds is 3. The number of hydrogen-bond acceptors (Lipinski definition) is 3. The summed E-state index contributed by atoms with van der Waals surface area (Å²) < 4.78 is 7.81. The lowest BCUT2D eigenvalue weighted by molar-refractivity contribution is -0.0460. The average molecular weight is 284 g/mol. The van der Waals surface area contributed by atoms with Crippen molar-refractivity contribution >= 4 is 5.97 Å². The smallest absolute Gasteiger partial charge is 0.339 e. The SMILES string of the molecule is Cn1nccc1C1(OC(=O)c2ccccc2)CCCCC1. The van der Waals surface area contributed by atoms with E-state index in [0.717, 1.165) is 31.4 Å². The van der Waals surface area contributed by atoms with Gasteiger partial charge in [-0.2, -0.15) is 5.10 Å². The summed E-state index contributed by atoms with van der Waals surface area (Å²) >= 11 is 0. The molecule has 0 bridgehead atoms. The van der Waals surface area contributed by atoms with E-state index in [1.165, 1.54) is 6.42 Å². The van der Waals surface area contributed by atoms with E-state index in [1.54, 1.807) is 18.3 Å². The third-order valence-corrected chi connectivity index (χ3v) is 4.25. The summed E-state index contributed by atoms with van der Waals surface area (Å²) in [6, 6.07) is 11.2. The molecule has 0 amide bonds. The largest absolute Gasteiger partial charge is 0.449 e. The van der Waals surface area contributed by atoms with Crippen molar-refractivity contribution in [2.75, 3.05) is 0 Å². The standard InChI is InChI=1S/C17H20N2O2/c1-19-15(10-13-18-19)17(11-6-3-7-12-17)21-16(20)14-8-4-2-5-9-14/h2,4-5,8-10,13H,3,6-7,11-12H2,1H3. The van der Waals surface area contributed by atoms with Crippen molar-refractivity contribution in [2.24, 2.45) is 7.05 Å². The van der Waals surface area contributed by atoms with Crippen molar-refractivity contribution in [3.63, 3.8) is 0 Å². The number of benzene rings is 1.